The molecule has 5 saturated carbocycles. The molecule has 0 heterocycles. The number of hydrogen-bond acceptors (Lipinski definition) is 1. The molecule has 0 unspecified atom stereocenters. The van der Waals surface area contributed by atoms with Crippen molar-refractivity contribution in [3.05, 3.63) is 12.2 Å². The van der Waals surface area contributed by atoms with E-state index in [1.54, 1.807) is 0 Å². The van der Waals surface area contributed by atoms with Crippen LogP contribution in [0.1, 0.15) is 113 Å². The molecule has 0 saturated heterocycles. The number of thiocarbonyl (C=S) groups is 1. The van der Waals surface area contributed by atoms with Crippen LogP contribution >= 0.6 is 12.2 Å². The first-order valence-corrected chi connectivity index (χ1v) is 13.9. The molecule has 5 aliphatic rings. The summed E-state index contributed by atoms with van der Waals surface area (Å²) in [5.74, 6) is 4.20. The third-order valence-corrected chi connectivity index (χ3v) is 14.0. The largest absolute Gasteiger partial charge is 0.0998 e. The highest BCUT2D eigenvalue weighted by atomic mass is 32.1. The van der Waals surface area contributed by atoms with Crippen LogP contribution in [0.25, 0.3) is 0 Å². The van der Waals surface area contributed by atoms with Crippen LogP contribution in [0.2, 0.25) is 0 Å². The summed E-state index contributed by atoms with van der Waals surface area (Å²) < 4.78 is 0. The van der Waals surface area contributed by atoms with Gasteiger partial charge in [-0.3, -0.25) is 0 Å². The number of allylic oxidation sites excluding steroid dienone is 1. The van der Waals surface area contributed by atoms with Crippen molar-refractivity contribution in [1.29, 1.82) is 0 Å². The van der Waals surface area contributed by atoms with Crippen LogP contribution in [0, 0.1) is 56.7 Å². The smallest absolute Gasteiger partial charge is 0.000642 e. The molecule has 1 heteroatoms. The van der Waals surface area contributed by atoms with Crippen LogP contribution in [0.4, 0.5) is 0 Å². The molecule has 0 spiro atoms. The zero-order chi connectivity index (χ0) is 22.6. The second-order valence-corrected chi connectivity index (χ2v) is 15.0. The Bertz CT molecular complexity index is 807. The molecule has 5 fully saturated rings. The van der Waals surface area contributed by atoms with Crippen molar-refractivity contribution >= 4 is 17.1 Å². The predicted molar refractivity (Wildman–Crippen MR) is 137 cm³/mol. The minimum Gasteiger partial charge on any atom is -0.0998 e. The Morgan fingerprint density at radius 2 is 1.52 bits per heavy atom. The van der Waals surface area contributed by atoms with Gasteiger partial charge in [-0.2, -0.15) is 0 Å². The maximum absolute atomic E-state index is 5.94. The summed E-state index contributed by atoms with van der Waals surface area (Å²) in [5, 5.41) is 0. The van der Waals surface area contributed by atoms with Gasteiger partial charge in [0.05, 0.1) is 0 Å². The lowest BCUT2D eigenvalue weighted by Gasteiger charge is -2.72. The molecule has 31 heavy (non-hydrogen) atoms. The highest BCUT2D eigenvalue weighted by Crippen LogP contribution is 2.77. The van der Waals surface area contributed by atoms with Gasteiger partial charge in [-0.05, 0) is 133 Å². The first-order valence-electron chi connectivity index (χ1n) is 13.5. The molecule has 0 aromatic heterocycles. The molecule has 0 aliphatic heterocycles. The highest BCUT2D eigenvalue weighted by molar-refractivity contribution is 7.80. The first kappa shape index (κ1) is 22.6. The van der Waals surface area contributed by atoms with Gasteiger partial charge in [-0.1, -0.05) is 65.9 Å². The van der Waals surface area contributed by atoms with Gasteiger partial charge in [0.15, 0.2) is 0 Å². The van der Waals surface area contributed by atoms with Gasteiger partial charge in [0.25, 0.3) is 0 Å². The molecule has 0 aromatic rings. The minimum absolute atomic E-state index is 0.239. The Kier molecular flexibility index (Phi) is 4.89. The first-order chi connectivity index (χ1) is 14.3. The molecule has 174 valence electrons. The highest BCUT2D eigenvalue weighted by Gasteiger charge is 2.69. The van der Waals surface area contributed by atoms with E-state index in [-0.39, 0.29) is 5.41 Å². The number of fused-ring (bicyclic) bond motifs is 7. The van der Waals surface area contributed by atoms with E-state index in [0.717, 1.165) is 29.6 Å². The molecule has 0 amide bonds. The normalized spacial score (nSPS) is 55.6. The molecule has 0 nitrogen and oxygen atoms in total. The van der Waals surface area contributed by atoms with Crippen molar-refractivity contribution < 1.29 is 0 Å². The summed E-state index contributed by atoms with van der Waals surface area (Å²) in [6.45, 7) is 22.7. The second-order valence-electron chi connectivity index (χ2n) is 14.5. The van der Waals surface area contributed by atoms with E-state index in [1.165, 1.54) is 74.6 Å². The number of rotatable bonds is 1. The Labute approximate surface area is 198 Å². The average molecular weight is 441 g/mol. The van der Waals surface area contributed by atoms with E-state index >= 15 is 0 Å². The monoisotopic (exact) mass is 440 g/mol. The third-order valence-electron chi connectivity index (χ3n) is 13.2. The zero-order valence-corrected chi connectivity index (χ0v) is 22.4. The van der Waals surface area contributed by atoms with E-state index < -0.39 is 0 Å². The van der Waals surface area contributed by atoms with Crippen molar-refractivity contribution in [2.45, 2.75) is 113 Å². The van der Waals surface area contributed by atoms with Crippen LogP contribution in [0.5, 0.6) is 0 Å². The summed E-state index contributed by atoms with van der Waals surface area (Å²) >= 11 is 5.94. The molecular formula is C30H48S. The molecule has 5 rings (SSSR count). The summed E-state index contributed by atoms with van der Waals surface area (Å²) in [5.41, 5.74) is 3.73. The SMILES string of the molecule is C=C(C)[C@@H]1CC[C@]2(C)CC[C@]3(C)[C@H](CC[C@@H]4[C@@]5(C)CCC(=S)C(C)(C)[C@@H]5CC[C@]43C)[C@@H]12. The zero-order valence-electron chi connectivity index (χ0n) is 21.6. The van der Waals surface area contributed by atoms with E-state index in [2.05, 4.69) is 55.0 Å². The standard InChI is InChI=1S/C30H48S/c1-19(2)20-11-14-27(5)17-18-29(7)21(25(20)27)9-10-23-28(6)15-13-24(31)26(3,4)22(28)12-16-30(23,29)8/h20-23,25H,1,9-18H2,2-8H3/t20-,21+,22-,23+,25+,27+,28-,29+,30+/m0/s1. The lowest BCUT2D eigenvalue weighted by atomic mass is 9.32. The van der Waals surface area contributed by atoms with Gasteiger partial charge in [0.2, 0.25) is 0 Å². The second kappa shape index (κ2) is 6.70. The van der Waals surface area contributed by atoms with Crippen molar-refractivity contribution in [3.63, 3.8) is 0 Å². The van der Waals surface area contributed by atoms with Gasteiger partial charge >= 0.3 is 0 Å². The van der Waals surface area contributed by atoms with E-state index in [4.69, 9.17) is 12.2 Å². The Morgan fingerprint density at radius 1 is 0.806 bits per heavy atom. The lowest BCUT2D eigenvalue weighted by molar-refractivity contribution is -0.226. The Balaban J connectivity index is 1.55. The predicted octanol–water partition coefficient (Wildman–Crippen LogP) is 9.03. The van der Waals surface area contributed by atoms with Gasteiger partial charge in [-0.15, -0.1) is 0 Å². The van der Waals surface area contributed by atoms with Crippen LogP contribution in [0.15, 0.2) is 12.2 Å². The van der Waals surface area contributed by atoms with Gasteiger partial charge in [-0.25, -0.2) is 0 Å². The van der Waals surface area contributed by atoms with Crippen LogP contribution < -0.4 is 0 Å². The average Bonchev–Trinajstić information content (AvgIpc) is 3.04. The topological polar surface area (TPSA) is 0 Å². The van der Waals surface area contributed by atoms with Crippen molar-refractivity contribution in [3.8, 4) is 0 Å². The van der Waals surface area contributed by atoms with Crippen molar-refractivity contribution in [2.24, 2.45) is 56.7 Å². The molecule has 0 radical (unpaired) electrons. The fourth-order valence-electron chi connectivity index (χ4n) is 11.3. The molecule has 0 aromatic carbocycles. The lowest BCUT2D eigenvalue weighted by Crippen LogP contribution is -2.66. The summed E-state index contributed by atoms with van der Waals surface area (Å²) in [7, 11) is 0. The quantitative estimate of drug-likeness (QED) is 0.289. The Hall–Kier alpha value is -0.170. The third kappa shape index (κ3) is 2.68. The fourth-order valence-corrected chi connectivity index (χ4v) is 11.5. The summed E-state index contributed by atoms with van der Waals surface area (Å²) in [6, 6.07) is 0. The summed E-state index contributed by atoms with van der Waals surface area (Å²) in [4.78, 5) is 1.36. The van der Waals surface area contributed by atoms with E-state index in [9.17, 15) is 0 Å². The molecule has 9 atom stereocenters. The maximum Gasteiger partial charge on any atom is -0.000642 e. The number of hydrogen-bond donors (Lipinski definition) is 0. The Morgan fingerprint density at radius 3 is 2.19 bits per heavy atom. The maximum atomic E-state index is 5.94. The molecular weight excluding hydrogens is 392 g/mol. The van der Waals surface area contributed by atoms with Crippen LogP contribution in [-0.4, -0.2) is 4.86 Å². The van der Waals surface area contributed by atoms with Gasteiger partial charge in [0.1, 0.15) is 0 Å². The molecule has 5 aliphatic carbocycles. The van der Waals surface area contributed by atoms with Crippen LogP contribution in [-0.2, 0) is 0 Å². The van der Waals surface area contributed by atoms with E-state index in [1.807, 2.05) is 0 Å². The van der Waals surface area contributed by atoms with Crippen LogP contribution in [0.3, 0.4) is 0 Å². The van der Waals surface area contributed by atoms with Gasteiger partial charge < -0.3 is 0 Å². The van der Waals surface area contributed by atoms with E-state index in [0.29, 0.717) is 21.7 Å². The van der Waals surface area contributed by atoms with Gasteiger partial charge in [0, 0.05) is 0 Å². The minimum atomic E-state index is 0.239. The summed E-state index contributed by atoms with van der Waals surface area (Å²) in [6.07, 6.45) is 14.0. The molecule has 0 bridgehead atoms. The van der Waals surface area contributed by atoms with Crippen molar-refractivity contribution in [2.75, 3.05) is 0 Å². The fraction of sp³-hybridized carbons (Fsp3) is 0.900. The molecule has 0 N–H and O–H groups in total. The van der Waals surface area contributed by atoms with Crippen molar-refractivity contribution in [1.82, 2.24) is 0 Å².